The number of thiazole rings is 1. The molecule has 0 amide bonds. The first-order valence-electron chi connectivity index (χ1n) is 9.58. The minimum absolute atomic E-state index is 0.507. The van der Waals surface area contributed by atoms with Gasteiger partial charge in [-0.1, -0.05) is 23.9 Å². The van der Waals surface area contributed by atoms with Gasteiger partial charge in [-0.3, -0.25) is 0 Å². The number of alkyl halides is 3. The summed E-state index contributed by atoms with van der Waals surface area (Å²) < 4.78 is 43.2. The third-order valence-electron chi connectivity index (χ3n) is 4.67. The van der Waals surface area contributed by atoms with Gasteiger partial charge in [0.25, 0.3) is 0 Å². The second-order valence-corrected chi connectivity index (χ2v) is 8.90. The van der Waals surface area contributed by atoms with Gasteiger partial charge in [0.2, 0.25) is 0 Å². The molecular formula is C23H18F3N3OS2. The van der Waals surface area contributed by atoms with E-state index in [-0.39, 0.29) is 0 Å². The van der Waals surface area contributed by atoms with E-state index in [4.69, 9.17) is 4.74 Å². The lowest BCUT2D eigenvalue weighted by Crippen LogP contribution is -2.04. The van der Waals surface area contributed by atoms with Crippen LogP contribution in [0.2, 0.25) is 0 Å². The van der Waals surface area contributed by atoms with E-state index in [1.165, 1.54) is 23.9 Å². The lowest BCUT2D eigenvalue weighted by atomic mass is 10.1. The Hall–Kier alpha value is -2.91. The van der Waals surface area contributed by atoms with E-state index in [1.807, 2.05) is 43.3 Å². The Labute approximate surface area is 191 Å². The molecule has 9 heteroatoms. The summed E-state index contributed by atoms with van der Waals surface area (Å²) in [5.74, 6) is 1.30. The van der Waals surface area contributed by atoms with Crippen LogP contribution < -0.4 is 4.74 Å². The van der Waals surface area contributed by atoms with Crippen molar-refractivity contribution in [3.63, 3.8) is 0 Å². The van der Waals surface area contributed by atoms with Crippen molar-refractivity contribution in [2.24, 2.45) is 0 Å². The van der Waals surface area contributed by atoms with Crippen molar-refractivity contribution in [3.8, 4) is 26.9 Å². The van der Waals surface area contributed by atoms with E-state index in [0.717, 1.165) is 50.3 Å². The molecule has 0 radical (unpaired) electrons. The fourth-order valence-corrected chi connectivity index (χ4v) is 4.76. The van der Waals surface area contributed by atoms with Gasteiger partial charge in [-0.25, -0.2) is 4.98 Å². The van der Waals surface area contributed by atoms with E-state index in [0.29, 0.717) is 10.8 Å². The van der Waals surface area contributed by atoms with Crippen LogP contribution in [0.5, 0.6) is 5.75 Å². The summed E-state index contributed by atoms with van der Waals surface area (Å²) in [5.41, 5.74) is 2.75. The highest BCUT2D eigenvalue weighted by Crippen LogP contribution is 2.35. The zero-order valence-corrected chi connectivity index (χ0v) is 18.8. The lowest BCUT2D eigenvalue weighted by molar-refractivity contribution is -0.137. The Morgan fingerprint density at radius 3 is 2.25 bits per heavy atom. The summed E-state index contributed by atoms with van der Waals surface area (Å²) in [6, 6.07) is 16.6. The molecule has 0 fully saturated rings. The van der Waals surface area contributed by atoms with E-state index >= 15 is 0 Å². The molecular weight excluding hydrogens is 455 g/mol. The Morgan fingerprint density at radius 1 is 0.938 bits per heavy atom. The Balaban J connectivity index is 1.44. The second-order valence-electron chi connectivity index (χ2n) is 6.90. The maximum absolute atomic E-state index is 12.7. The summed E-state index contributed by atoms with van der Waals surface area (Å²) in [6.45, 7) is 1.94. The largest absolute Gasteiger partial charge is 0.497 e. The number of hydrogen-bond donors (Lipinski definition) is 0. The molecule has 0 unspecified atom stereocenters. The molecule has 0 aliphatic carbocycles. The van der Waals surface area contributed by atoms with Crippen LogP contribution in [0.25, 0.3) is 21.1 Å². The lowest BCUT2D eigenvalue weighted by Gasteiger charge is -2.07. The van der Waals surface area contributed by atoms with Crippen molar-refractivity contribution in [2.45, 2.75) is 23.9 Å². The van der Waals surface area contributed by atoms with Gasteiger partial charge < -0.3 is 4.74 Å². The van der Waals surface area contributed by atoms with Crippen LogP contribution in [0.4, 0.5) is 13.2 Å². The molecule has 0 bridgehead atoms. The van der Waals surface area contributed by atoms with Crippen molar-refractivity contribution < 1.29 is 17.9 Å². The molecule has 0 spiro atoms. The van der Waals surface area contributed by atoms with Gasteiger partial charge in [0.1, 0.15) is 21.5 Å². The first-order valence-corrected chi connectivity index (χ1v) is 11.4. The number of benzene rings is 2. The van der Waals surface area contributed by atoms with Crippen LogP contribution in [0.15, 0.2) is 65.7 Å². The van der Waals surface area contributed by atoms with Crippen LogP contribution in [0, 0.1) is 6.92 Å². The van der Waals surface area contributed by atoms with Gasteiger partial charge in [0.15, 0.2) is 0 Å². The van der Waals surface area contributed by atoms with E-state index in [9.17, 15) is 13.2 Å². The highest BCUT2D eigenvalue weighted by Gasteiger charge is 2.29. The average molecular weight is 474 g/mol. The molecule has 0 atom stereocenters. The third-order valence-corrected chi connectivity index (χ3v) is 6.89. The number of thioether (sulfide) groups is 1. The number of hydrogen-bond acceptors (Lipinski definition) is 6. The number of nitrogens with zero attached hydrogens (tertiary/aromatic N) is 3. The molecule has 0 saturated carbocycles. The number of ether oxygens (including phenoxy) is 1. The quantitative estimate of drug-likeness (QED) is 0.285. The second kappa shape index (κ2) is 9.30. The van der Waals surface area contributed by atoms with Crippen LogP contribution in [0.3, 0.4) is 0 Å². The number of aryl methyl sites for hydroxylation is 1. The fraction of sp³-hybridized carbons (Fsp3) is 0.174. The summed E-state index contributed by atoms with van der Waals surface area (Å²) in [4.78, 5) is 5.61. The smallest absolute Gasteiger partial charge is 0.416 e. The molecule has 4 aromatic rings. The van der Waals surface area contributed by atoms with Crippen molar-refractivity contribution >= 4 is 23.1 Å². The van der Waals surface area contributed by atoms with Crippen molar-refractivity contribution in [1.82, 2.24) is 15.2 Å². The molecule has 0 saturated heterocycles. The topological polar surface area (TPSA) is 47.9 Å². The average Bonchev–Trinajstić information content (AvgIpc) is 3.19. The van der Waals surface area contributed by atoms with Crippen LogP contribution in [-0.2, 0) is 11.9 Å². The van der Waals surface area contributed by atoms with Crippen molar-refractivity contribution in [3.05, 3.63) is 77.5 Å². The summed E-state index contributed by atoms with van der Waals surface area (Å²) >= 11 is 2.97. The van der Waals surface area contributed by atoms with E-state index in [2.05, 4.69) is 15.2 Å². The molecule has 2 heterocycles. The van der Waals surface area contributed by atoms with E-state index in [1.54, 1.807) is 18.4 Å². The molecule has 4 rings (SSSR count). The maximum Gasteiger partial charge on any atom is 0.416 e. The Bertz CT molecular complexity index is 1190. The highest BCUT2D eigenvalue weighted by molar-refractivity contribution is 7.98. The minimum atomic E-state index is -4.32. The number of halogens is 3. The van der Waals surface area contributed by atoms with Gasteiger partial charge >= 0.3 is 6.18 Å². The van der Waals surface area contributed by atoms with Crippen molar-refractivity contribution in [2.75, 3.05) is 7.11 Å². The van der Waals surface area contributed by atoms with Crippen LogP contribution >= 0.6 is 23.1 Å². The molecule has 2 aromatic carbocycles. The standard InChI is InChI=1S/C23H18F3N3OS2/c1-14-21(32-22(27-14)16-5-9-18(30-2)10-6-16)19-11-12-20(29-28-19)31-13-15-3-7-17(8-4-15)23(24,25)26/h3-12H,13H2,1-2H3. The Morgan fingerprint density at radius 2 is 1.66 bits per heavy atom. The summed E-state index contributed by atoms with van der Waals surface area (Å²) in [7, 11) is 1.63. The van der Waals surface area contributed by atoms with Gasteiger partial charge in [0, 0.05) is 11.3 Å². The van der Waals surface area contributed by atoms with Gasteiger partial charge in [-0.15, -0.1) is 21.5 Å². The molecule has 2 aromatic heterocycles. The van der Waals surface area contributed by atoms with Crippen LogP contribution in [0.1, 0.15) is 16.8 Å². The van der Waals surface area contributed by atoms with Gasteiger partial charge in [-0.05, 0) is 61.0 Å². The molecule has 4 nitrogen and oxygen atoms in total. The zero-order chi connectivity index (χ0) is 22.7. The number of aromatic nitrogens is 3. The molecule has 32 heavy (non-hydrogen) atoms. The predicted molar refractivity (Wildman–Crippen MR) is 121 cm³/mol. The first kappa shape index (κ1) is 22.3. The Kier molecular flexibility index (Phi) is 6.48. The predicted octanol–water partition coefficient (Wildman–Crippen LogP) is 6.90. The van der Waals surface area contributed by atoms with Crippen molar-refractivity contribution in [1.29, 1.82) is 0 Å². The maximum atomic E-state index is 12.7. The first-order chi connectivity index (χ1) is 15.3. The molecule has 0 aliphatic heterocycles. The normalized spacial score (nSPS) is 11.5. The highest BCUT2D eigenvalue weighted by atomic mass is 32.2. The molecule has 0 N–H and O–H groups in total. The number of rotatable bonds is 6. The van der Waals surface area contributed by atoms with Crippen LogP contribution in [-0.4, -0.2) is 22.3 Å². The summed E-state index contributed by atoms with van der Waals surface area (Å²) in [5, 5.41) is 10.2. The zero-order valence-electron chi connectivity index (χ0n) is 17.2. The van der Waals surface area contributed by atoms with E-state index < -0.39 is 11.7 Å². The monoisotopic (exact) mass is 473 g/mol. The summed E-state index contributed by atoms with van der Waals surface area (Å²) in [6.07, 6.45) is -4.32. The fourth-order valence-electron chi connectivity index (χ4n) is 2.96. The third kappa shape index (κ3) is 5.11. The van der Waals surface area contributed by atoms with Gasteiger partial charge in [0.05, 0.1) is 23.2 Å². The molecule has 0 aliphatic rings. The SMILES string of the molecule is COc1ccc(-c2nc(C)c(-c3ccc(SCc4ccc(C(F)(F)F)cc4)nn3)s2)cc1. The molecule has 164 valence electrons. The minimum Gasteiger partial charge on any atom is -0.497 e. The number of methoxy groups -OCH3 is 1. The van der Waals surface area contributed by atoms with Gasteiger partial charge in [-0.2, -0.15) is 13.2 Å².